The van der Waals surface area contributed by atoms with Crippen LogP contribution in [0.4, 0.5) is 37.7 Å². The van der Waals surface area contributed by atoms with Gasteiger partial charge in [-0.1, -0.05) is 78.0 Å². The molecule has 380 valence electrons. The topological polar surface area (TPSA) is 78.8 Å². The van der Waals surface area contributed by atoms with Gasteiger partial charge >= 0.3 is 17.8 Å². The molecule has 17 heteroatoms. The number of nitrogens with zero attached hydrogens (tertiary/aromatic N) is 6. The fraction of sp³-hybridized carbons (Fsp3) is 0.281. The zero-order chi connectivity index (χ0) is 52.1. The Bertz CT molecular complexity index is 3480. The van der Waals surface area contributed by atoms with Crippen molar-refractivity contribution in [2.75, 3.05) is 36.0 Å². The van der Waals surface area contributed by atoms with Crippen molar-refractivity contribution >= 4 is 61.2 Å². The number of nitrogens with one attached hydrogen (secondary N) is 1. The molecule has 0 atom stereocenters. The summed E-state index contributed by atoms with van der Waals surface area (Å²) in [6.45, 7) is 15.1. The van der Waals surface area contributed by atoms with Crippen molar-refractivity contribution in [3.8, 4) is 21.9 Å². The second kappa shape index (κ2) is 18.2. The maximum Gasteiger partial charge on any atom is 0.380 e. The normalized spacial score (nSPS) is 16.7. The number of benzene rings is 5. The number of amides is 1. The number of thiophene rings is 2. The van der Waals surface area contributed by atoms with E-state index in [1.165, 1.54) is 26.0 Å². The van der Waals surface area contributed by atoms with Crippen LogP contribution in [0, 0.1) is 13.8 Å². The molecule has 1 spiro atoms. The number of rotatable bonds is 14. The number of alkyl halides is 6. The highest BCUT2D eigenvalue weighted by Gasteiger charge is 2.80. The van der Waals surface area contributed by atoms with Crippen LogP contribution in [-0.4, -0.2) is 69.9 Å². The minimum atomic E-state index is -5.66. The highest BCUT2D eigenvalue weighted by atomic mass is 32.1. The van der Waals surface area contributed by atoms with Crippen molar-refractivity contribution < 1.29 is 35.9 Å². The van der Waals surface area contributed by atoms with Crippen LogP contribution in [0.15, 0.2) is 121 Å². The van der Waals surface area contributed by atoms with Gasteiger partial charge in [0, 0.05) is 113 Å². The van der Waals surface area contributed by atoms with Gasteiger partial charge < -0.3 is 14.5 Å². The second-order valence-corrected chi connectivity index (χ2v) is 21.2. The van der Waals surface area contributed by atoms with E-state index in [1.54, 1.807) is 46.2 Å². The Morgan fingerprint density at radius 2 is 1.27 bits per heavy atom. The van der Waals surface area contributed by atoms with E-state index in [4.69, 9.17) is 4.74 Å². The molecule has 8 aromatic rings. The number of anilines is 2. The minimum Gasteiger partial charge on any atom is -0.456 e. The van der Waals surface area contributed by atoms with Gasteiger partial charge in [-0.3, -0.25) is 9.80 Å². The summed E-state index contributed by atoms with van der Waals surface area (Å²) in [5.41, 5.74) is 6.03. The number of hydrazine groups is 1. The van der Waals surface area contributed by atoms with Gasteiger partial charge in [-0.25, -0.2) is 10.1 Å². The van der Waals surface area contributed by atoms with E-state index >= 15 is 26.3 Å². The largest absolute Gasteiger partial charge is 0.456 e. The molecule has 0 saturated carbocycles. The molecule has 0 radical (unpaired) electrons. The van der Waals surface area contributed by atoms with Crippen molar-refractivity contribution in [3.05, 3.63) is 176 Å². The number of aromatic nitrogens is 3. The minimum absolute atomic E-state index is 0.137. The van der Waals surface area contributed by atoms with Crippen molar-refractivity contribution in [3.63, 3.8) is 0 Å². The number of hydrogen-bond donors (Lipinski definition) is 1. The van der Waals surface area contributed by atoms with E-state index in [2.05, 4.69) is 89.6 Å². The lowest BCUT2D eigenvalue weighted by atomic mass is 9.75. The number of ether oxygens (including phenoxy) is 1. The van der Waals surface area contributed by atoms with E-state index in [-0.39, 0.29) is 38.7 Å². The van der Waals surface area contributed by atoms with E-state index in [1.807, 2.05) is 36.4 Å². The molecular formula is C57H51F6N7O2S2. The average Bonchev–Trinajstić information content (AvgIpc) is 4.17. The Balaban J connectivity index is 0.878. The van der Waals surface area contributed by atoms with Crippen LogP contribution in [0.5, 0.6) is 11.5 Å². The summed E-state index contributed by atoms with van der Waals surface area (Å²) in [7, 11) is 0. The lowest BCUT2D eigenvalue weighted by molar-refractivity contribution is -0.254. The highest BCUT2D eigenvalue weighted by molar-refractivity contribution is 7.19. The van der Waals surface area contributed by atoms with E-state index in [0.29, 0.717) is 44.4 Å². The van der Waals surface area contributed by atoms with Crippen LogP contribution in [0.3, 0.4) is 0 Å². The van der Waals surface area contributed by atoms with Crippen molar-refractivity contribution in [2.45, 2.75) is 77.9 Å². The van der Waals surface area contributed by atoms with Crippen LogP contribution in [0.2, 0.25) is 0 Å². The Labute approximate surface area is 432 Å². The Morgan fingerprint density at radius 1 is 0.662 bits per heavy atom. The maximum absolute atomic E-state index is 16.0. The summed E-state index contributed by atoms with van der Waals surface area (Å²) < 4.78 is 104. The third kappa shape index (κ3) is 7.31. The molecular weight excluding hydrogens is 993 g/mol. The molecule has 0 saturated heterocycles. The average molecular weight is 1040 g/mol. The van der Waals surface area contributed by atoms with E-state index in [0.717, 1.165) is 82.5 Å². The fourth-order valence-corrected chi connectivity index (χ4v) is 13.2. The molecule has 2 aliphatic heterocycles. The third-order valence-corrected chi connectivity index (χ3v) is 16.9. The van der Waals surface area contributed by atoms with Gasteiger partial charge in [-0.2, -0.15) is 26.3 Å². The molecule has 1 N–H and O–H groups in total. The fourth-order valence-electron chi connectivity index (χ4n) is 11.1. The summed E-state index contributed by atoms with van der Waals surface area (Å²) in [6.07, 6.45) is 1.78. The molecule has 11 rings (SSSR count). The lowest BCUT2D eigenvalue weighted by Gasteiger charge is -2.44. The quantitative estimate of drug-likeness (QED) is 0.109. The van der Waals surface area contributed by atoms with E-state index < -0.39 is 34.5 Å². The van der Waals surface area contributed by atoms with Gasteiger partial charge in [0.2, 0.25) is 0 Å². The smallest absolute Gasteiger partial charge is 0.380 e. The van der Waals surface area contributed by atoms with Gasteiger partial charge in [0.1, 0.15) is 17.0 Å². The summed E-state index contributed by atoms with van der Waals surface area (Å²) in [5.74, 6) is -14.9. The monoisotopic (exact) mass is 1040 g/mol. The molecule has 5 heterocycles. The highest BCUT2D eigenvalue weighted by Crippen LogP contribution is 2.67. The first-order valence-electron chi connectivity index (χ1n) is 24.6. The molecule has 5 aromatic carbocycles. The van der Waals surface area contributed by atoms with Gasteiger partial charge in [0.25, 0.3) is 5.91 Å². The Morgan fingerprint density at radius 3 is 1.92 bits per heavy atom. The van der Waals surface area contributed by atoms with Gasteiger partial charge in [-0.05, 0) is 88.6 Å². The number of aryl methyl sites for hydroxylation is 2. The number of halogens is 6. The van der Waals surface area contributed by atoms with Crippen LogP contribution >= 0.6 is 22.7 Å². The first kappa shape index (κ1) is 49.3. The number of allylic oxidation sites excluding steroid dienone is 2. The van der Waals surface area contributed by atoms with Crippen LogP contribution in [-0.2, 0) is 18.6 Å². The molecule has 0 bridgehead atoms. The third-order valence-electron chi connectivity index (χ3n) is 14.7. The Hall–Kier alpha value is -6.95. The molecule has 0 unspecified atom stereocenters. The van der Waals surface area contributed by atoms with Gasteiger partial charge in [-0.15, -0.1) is 27.8 Å². The molecule has 3 aromatic heterocycles. The van der Waals surface area contributed by atoms with Crippen molar-refractivity contribution in [1.82, 2.24) is 25.4 Å². The van der Waals surface area contributed by atoms with Crippen LogP contribution < -0.4 is 20.0 Å². The number of fused-ring (bicyclic) bond motifs is 7. The van der Waals surface area contributed by atoms with Crippen LogP contribution in [0.1, 0.15) is 86.9 Å². The lowest BCUT2D eigenvalue weighted by Crippen LogP contribution is -2.54. The number of carbonyl (C=O) groups excluding carboxylic acids is 1. The summed E-state index contributed by atoms with van der Waals surface area (Å²) in [5, 5.41) is 10.8. The Kier molecular flexibility index (Phi) is 12.1. The predicted molar refractivity (Wildman–Crippen MR) is 281 cm³/mol. The molecule has 0 fully saturated rings. The van der Waals surface area contributed by atoms with Crippen molar-refractivity contribution in [1.29, 1.82) is 0 Å². The summed E-state index contributed by atoms with van der Waals surface area (Å²) >= 11 is 2.16. The zero-order valence-corrected chi connectivity index (χ0v) is 43.0. The molecule has 74 heavy (non-hydrogen) atoms. The predicted octanol–water partition coefficient (Wildman–Crippen LogP) is 14.0. The molecule has 1 amide bonds. The van der Waals surface area contributed by atoms with Gasteiger partial charge in [0.05, 0.1) is 25.0 Å². The van der Waals surface area contributed by atoms with Gasteiger partial charge in [0.15, 0.2) is 0 Å². The first-order chi connectivity index (χ1) is 35.5. The first-order valence-corrected chi connectivity index (χ1v) is 26.2. The SMILES string of the molecule is CCN(CC)c1ccc2c(c1)Oc1cc(N(CC)CC)ccc1C21c2ccccc2C(=O)N1NCc1cn(Cc2ccc(-c3cc(C4=C(c5c(C)sc6ccccc56)C(F)(F)C(F)(F)C4(F)F)c(C)s3)cc2)nn1. The second-order valence-electron chi connectivity index (χ2n) is 18.7. The van der Waals surface area contributed by atoms with E-state index in [9.17, 15) is 4.79 Å². The van der Waals surface area contributed by atoms with Crippen LogP contribution in [0.25, 0.3) is 31.7 Å². The standard InChI is InChI=1S/C57H51F6N7O2S2/c1-7-67(8-2)38-23-25-44-46(27-38)72-47-28-39(68(9-3)10-4)24-26-45(47)54(44)43-17-13-11-15-40(43)53(71)70(54)64-30-37-32-69(66-65-37)31-35-19-21-36(22-20-35)49-29-42(33(5)73-49)51-52(56(60,61)57(62,63)55(51,58)59)50-34(6)74-48-18-14-12-16-41(48)50/h11-29,32,64H,7-10,30-31H2,1-6H3. The van der Waals surface area contributed by atoms with Crippen molar-refractivity contribution in [2.24, 2.45) is 0 Å². The summed E-state index contributed by atoms with van der Waals surface area (Å²) in [6, 6.07) is 35.0. The molecule has 1 aliphatic carbocycles. The number of carbonyl (C=O) groups is 1. The molecule has 9 nitrogen and oxygen atoms in total. The number of hydrogen-bond acceptors (Lipinski definition) is 9. The summed E-state index contributed by atoms with van der Waals surface area (Å²) in [4.78, 5) is 20.2. The maximum atomic E-state index is 16.0. The molecule has 3 aliphatic rings. The zero-order valence-electron chi connectivity index (χ0n) is 41.4.